The summed E-state index contributed by atoms with van der Waals surface area (Å²) in [5, 5.41) is 19.5. The molecule has 1 saturated carbocycles. The molecule has 7 heteroatoms. The number of hydrogen-bond acceptors (Lipinski definition) is 5. The third-order valence-corrected chi connectivity index (χ3v) is 3.78. The molecule has 0 saturated heterocycles. The summed E-state index contributed by atoms with van der Waals surface area (Å²) in [5.74, 6) is 1.75. The molecule has 0 aliphatic heterocycles. The Balaban J connectivity index is 1.49. The highest BCUT2D eigenvalue weighted by Crippen LogP contribution is 2.38. The van der Waals surface area contributed by atoms with Gasteiger partial charge in [-0.15, -0.1) is 5.10 Å². The van der Waals surface area contributed by atoms with E-state index >= 15 is 0 Å². The number of nitrogens with one attached hydrogen (secondary N) is 2. The number of carbonyl (C=O) groups excluding carboxylic acids is 1. The molecule has 0 spiro atoms. The van der Waals surface area contributed by atoms with Gasteiger partial charge in [0.15, 0.2) is 0 Å². The van der Waals surface area contributed by atoms with Gasteiger partial charge in [-0.1, -0.05) is 11.8 Å². The van der Waals surface area contributed by atoms with Crippen LogP contribution in [-0.4, -0.2) is 31.9 Å². The highest BCUT2D eigenvalue weighted by Gasteiger charge is 2.27. The molecule has 3 rings (SSSR count). The van der Waals surface area contributed by atoms with Crippen molar-refractivity contribution in [3.05, 3.63) is 30.1 Å². The number of benzene rings is 1. The number of phenolic OH excluding ortho intramolecular Hbond substituents is 1. The van der Waals surface area contributed by atoms with Crippen LogP contribution in [0.25, 0.3) is 0 Å². The number of rotatable bonds is 5. The molecule has 20 heavy (non-hydrogen) atoms. The lowest BCUT2D eigenvalue weighted by Crippen LogP contribution is -2.13. The van der Waals surface area contributed by atoms with Crippen LogP contribution in [0.4, 0.5) is 5.69 Å². The first-order chi connectivity index (χ1) is 9.70. The maximum atomic E-state index is 11.8. The van der Waals surface area contributed by atoms with E-state index in [-0.39, 0.29) is 17.4 Å². The number of thioether (sulfide) groups is 1. The average Bonchev–Trinajstić information content (AvgIpc) is 3.18. The molecule has 2 aromatic rings. The van der Waals surface area contributed by atoms with Crippen molar-refractivity contribution < 1.29 is 9.90 Å². The zero-order valence-corrected chi connectivity index (χ0v) is 11.5. The van der Waals surface area contributed by atoms with E-state index in [0.717, 1.165) is 5.82 Å². The number of phenols is 1. The van der Waals surface area contributed by atoms with Gasteiger partial charge in [-0.25, -0.2) is 4.98 Å². The van der Waals surface area contributed by atoms with Gasteiger partial charge in [-0.05, 0) is 37.1 Å². The molecule has 0 bridgehead atoms. The number of aromatic nitrogens is 3. The van der Waals surface area contributed by atoms with E-state index in [4.69, 9.17) is 5.11 Å². The molecule has 6 nitrogen and oxygen atoms in total. The number of aromatic amines is 1. The molecule has 0 radical (unpaired) electrons. The molecule has 1 fully saturated rings. The second-order valence-electron chi connectivity index (χ2n) is 4.66. The summed E-state index contributed by atoms with van der Waals surface area (Å²) in [7, 11) is 0. The molecule has 1 aliphatic carbocycles. The second-order valence-corrected chi connectivity index (χ2v) is 5.60. The molecule has 1 aromatic carbocycles. The Morgan fingerprint density at radius 3 is 2.85 bits per heavy atom. The Labute approximate surface area is 120 Å². The Morgan fingerprint density at radius 2 is 2.15 bits per heavy atom. The van der Waals surface area contributed by atoms with Crippen LogP contribution in [0, 0.1) is 0 Å². The van der Waals surface area contributed by atoms with Crippen molar-refractivity contribution in [2.75, 3.05) is 11.1 Å². The van der Waals surface area contributed by atoms with Crippen molar-refractivity contribution in [1.82, 2.24) is 15.2 Å². The van der Waals surface area contributed by atoms with Crippen molar-refractivity contribution in [3.8, 4) is 5.75 Å². The molecular formula is C13H14N4O2S. The highest BCUT2D eigenvalue weighted by atomic mass is 32.2. The lowest BCUT2D eigenvalue weighted by molar-refractivity contribution is -0.113. The van der Waals surface area contributed by atoms with Crippen molar-refractivity contribution in [3.63, 3.8) is 0 Å². The normalized spacial score (nSPS) is 14.2. The van der Waals surface area contributed by atoms with Crippen LogP contribution in [0.15, 0.2) is 29.4 Å². The number of carbonyl (C=O) groups is 1. The summed E-state index contributed by atoms with van der Waals surface area (Å²) in [6.07, 6.45) is 2.33. The van der Waals surface area contributed by atoms with E-state index in [1.165, 1.54) is 36.7 Å². The van der Waals surface area contributed by atoms with Gasteiger partial charge in [0.1, 0.15) is 11.6 Å². The second kappa shape index (κ2) is 5.54. The monoisotopic (exact) mass is 290 g/mol. The van der Waals surface area contributed by atoms with Gasteiger partial charge >= 0.3 is 0 Å². The van der Waals surface area contributed by atoms with Crippen LogP contribution in [0.3, 0.4) is 0 Å². The molecule has 1 aliphatic rings. The number of H-pyrrole nitrogens is 1. The lowest BCUT2D eigenvalue weighted by Gasteiger charge is -2.03. The summed E-state index contributed by atoms with van der Waals surface area (Å²) in [6, 6.07) is 6.35. The van der Waals surface area contributed by atoms with Crippen LogP contribution >= 0.6 is 11.8 Å². The van der Waals surface area contributed by atoms with Gasteiger partial charge in [0, 0.05) is 11.6 Å². The fourth-order valence-corrected chi connectivity index (χ4v) is 2.34. The number of anilines is 1. The minimum absolute atomic E-state index is 0.126. The smallest absolute Gasteiger partial charge is 0.234 e. The quantitative estimate of drug-likeness (QED) is 0.579. The molecule has 3 N–H and O–H groups in total. The van der Waals surface area contributed by atoms with Crippen LogP contribution < -0.4 is 5.32 Å². The molecule has 1 heterocycles. The summed E-state index contributed by atoms with van der Waals surface area (Å²) >= 11 is 1.30. The van der Waals surface area contributed by atoms with Gasteiger partial charge in [-0.2, -0.15) is 0 Å². The molecule has 104 valence electrons. The third-order valence-electron chi connectivity index (χ3n) is 2.93. The van der Waals surface area contributed by atoms with Crippen molar-refractivity contribution in [1.29, 1.82) is 0 Å². The van der Waals surface area contributed by atoms with E-state index in [1.807, 2.05) is 0 Å². The van der Waals surface area contributed by atoms with Crippen molar-refractivity contribution in [2.45, 2.75) is 23.9 Å². The summed E-state index contributed by atoms with van der Waals surface area (Å²) in [5.41, 5.74) is 0.655. The largest absolute Gasteiger partial charge is 0.508 e. The van der Waals surface area contributed by atoms with E-state index in [2.05, 4.69) is 20.5 Å². The molecule has 1 amide bonds. The first kappa shape index (κ1) is 13.0. The van der Waals surface area contributed by atoms with Gasteiger partial charge < -0.3 is 10.4 Å². The predicted octanol–water partition coefficient (Wildman–Crippen LogP) is 2.12. The Morgan fingerprint density at radius 1 is 1.40 bits per heavy atom. The van der Waals surface area contributed by atoms with Crippen LogP contribution in [0.2, 0.25) is 0 Å². The van der Waals surface area contributed by atoms with Gasteiger partial charge in [-0.3, -0.25) is 9.89 Å². The van der Waals surface area contributed by atoms with Crippen LogP contribution in [0.5, 0.6) is 5.75 Å². The molecule has 1 aromatic heterocycles. The van der Waals surface area contributed by atoms with E-state index < -0.39 is 0 Å². The predicted molar refractivity (Wildman–Crippen MR) is 75.8 cm³/mol. The molecular weight excluding hydrogens is 276 g/mol. The third kappa shape index (κ3) is 3.30. The SMILES string of the molecule is O=C(CSc1n[nH]c(C2CC2)n1)Nc1ccc(O)cc1. The molecule has 0 atom stereocenters. The summed E-state index contributed by atoms with van der Waals surface area (Å²) < 4.78 is 0. The van der Waals surface area contributed by atoms with Gasteiger partial charge in [0.05, 0.1) is 5.75 Å². The summed E-state index contributed by atoms with van der Waals surface area (Å²) in [6.45, 7) is 0. The fourth-order valence-electron chi connectivity index (χ4n) is 1.73. The Kier molecular flexibility index (Phi) is 3.60. The van der Waals surface area contributed by atoms with Crippen LogP contribution in [-0.2, 0) is 4.79 Å². The van der Waals surface area contributed by atoms with E-state index in [0.29, 0.717) is 16.8 Å². The molecule has 0 unspecified atom stereocenters. The number of nitrogens with zero attached hydrogens (tertiary/aromatic N) is 2. The number of hydrogen-bond donors (Lipinski definition) is 3. The topological polar surface area (TPSA) is 90.9 Å². The van der Waals surface area contributed by atoms with Crippen molar-refractivity contribution in [2.24, 2.45) is 0 Å². The maximum absolute atomic E-state index is 11.8. The minimum atomic E-state index is -0.126. The van der Waals surface area contributed by atoms with Crippen LogP contribution in [0.1, 0.15) is 24.6 Å². The van der Waals surface area contributed by atoms with E-state index in [1.54, 1.807) is 12.1 Å². The standard InChI is InChI=1S/C13H14N4O2S/c18-10-5-3-9(4-6-10)14-11(19)7-20-13-15-12(16-17-13)8-1-2-8/h3-6,8,18H,1-2,7H2,(H,14,19)(H,15,16,17). The maximum Gasteiger partial charge on any atom is 0.234 e. The summed E-state index contributed by atoms with van der Waals surface area (Å²) in [4.78, 5) is 16.1. The Bertz CT molecular complexity index is 607. The van der Waals surface area contributed by atoms with Gasteiger partial charge in [0.25, 0.3) is 0 Å². The fraction of sp³-hybridized carbons (Fsp3) is 0.308. The minimum Gasteiger partial charge on any atom is -0.508 e. The first-order valence-corrected chi connectivity index (χ1v) is 7.33. The van der Waals surface area contributed by atoms with Gasteiger partial charge in [0.2, 0.25) is 11.1 Å². The highest BCUT2D eigenvalue weighted by molar-refractivity contribution is 7.99. The van der Waals surface area contributed by atoms with E-state index in [9.17, 15) is 4.79 Å². The average molecular weight is 290 g/mol. The van der Waals surface area contributed by atoms with Crippen molar-refractivity contribution >= 4 is 23.4 Å². The lowest BCUT2D eigenvalue weighted by atomic mass is 10.3. The zero-order chi connectivity index (χ0) is 13.9. The Hall–Kier alpha value is -2.02. The zero-order valence-electron chi connectivity index (χ0n) is 10.7. The number of aromatic hydroxyl groups is 1. The number of amides is 1. The first-order valence-electron chi connectivity index (χ1n) is 6.35.